The average Bonchev–Trinajstić information content (AvgIpc) is 3.16. The second-order valence-corrected chi connectivity index (χ2v) is 5.55. The first-order valence-corrected chi connectivity index (χ1v) is 6.69. The van der Waals surface area contributed by atoms with Crippen LogP contribution in [0.2, 0.25) is 0 Å². The van der Waals surface area contributed by atoms with Gasteiger partial charge in [-0.05, 0) is 62.1 Å². The van der Waals surface area contributed by atoms with Crippen LogP contribution in [-0.4, -0.2) is 13.2 Å². The van der Waals surface area contributed by atoms with Crippen molar-refractivity contribution in [1.29, 1.82) is 0 Å². The van der Waals surface area contributed by atoms with Gasteiger partial charge >= 0.3 is 0 Å². The van der Waals surface area contributed by atoms with Crippen molar-refractivity contribution in [1.82, 2.24) is 0 Å². The number of hydrogen-bond donors (Lipinski definition) is 1. The van der Waals surface area contributed by atoms with Gasteiger partial charge < -0.3 is 10.1 Å². The van der Waals surface area contributed by atoms with Gasteiger partial charge in [-0.15, -0.1) is 0 Å². The molecular formula is C15H21NO. The van der Waals surface area contributed by atoms with E-state index in [9.17, 15) is 0 Å². The van der Waals surface area contributed by atoms with E-state index in [1.165, 1.54) is 36.9 Å². The van der Waals surface area contributed by atoms with Gasteiger partial charge in [-0.2, -0.15) is 0 Å². The summed E-state index contributed by atoms with van der Waals surface area (Å²) < 4.78 is 5.44. The molecule has 0 aliphatic heterocycles. The third kappa shape index (κ3) is 2.41. The fourth-order valence-corrected chi connectivity index (χ4v) is 2.65. The maximum absolute atomic E-state index is 5.44. The Morgan fingerprint density at radius 2 is 1.82 bits per heavy atom. The highest BCUT2D eigenvalue weighted by atomic mass is 16.5. The lowest BCUT2D eigenvalue weighted by atomic mass is 10.1. The molecule has 3 rings (SSSR count). The Labute approximate surface area is 103 Å². The van der Waals surface area contributed by atoms with Crippen LogP contribution in [0, 0.1) is 18.8 Å². The number of rotatable bonds is 5. The summed E-state index contributed by atoms with van der Waals surface area (Å²) in [6, 6.07) is 7.06. The first-order chi connectivity index (χ1) is 8.28. The Morgan fingerprint density at radius 3 is 2.35 bits per heavy atom. The molecule has 0 aromatic heterocycles. The Balaban J connectivity index is 1.79. The molecule has 17 heavy (non-hydrogen) atoms. The van der Waals surface area contributed by atoms with Crippen molar-refractivity contribution in [2.75, 3.05) is 12.4 Å². The smallest absolute Gasteiger partial charge is 0.141 e. The molecule has 2 aliphatic carbocycles. The number of nitrogens with one attached hydrogen (secondary N) is 1. The SMILES string of the molecule is COc1ccc(C)cc1NC(C1CC1)C1CC1. The van der Waals surface area contributed by atoms with Crippen molar-refractivity contribution in [2.24, 2.45) is 11.8 Å². The van der Waals surface area contributed by atoms with Crippen LogP contribution in [0.5, 0.6) is 5.75 Å². The molecular weight excluding hydrogens is 210 g/mol. The van der Waals surface area contributed by atoms with Gasteiger partial charge in [0, 0.05) is 6.04 Å². The molecule has 0 atom stereocenters. The van der Waals surface area contributed by atoms with E-state index in [-0.39, 0.29) is 0 Å². The second kappa shape index (κ2) is 4.25. The van der Waals surface area contributed by atoms with Crippen molar-refractivity contribution in [3.63, 3.8) is 0 Å². The van der Waals surface area contributed by atoms with E-state index in [1.54, 1.807) is 7.11 Å². The fraction of sp³-hybridized carbons (Fsp3) is 0.600. The summed E-state index contributed by atoms with van der Waals surface area (Å²) in [6.07, 6.45) is 5.62. The maximum Gasteiger partial charge on any atom is 0.141 e. The quantitative estimate of drug-likeness (QED) is 0.836. The van der Waals surface area contributed by atoms with Crippen LogP contribution in [0.15, 0.2) is 18.2 Å². The lowest BCUT2D eigenvalue weighted by molar-refractivity contribution is 0.415. The topological polar surface area (TPSA) is 21.3 Å². The van der Waals surface area contributed by atoms with E-state index in [0.717, 1.165) is 17.6 Å². The van der Waals surface area contributed by atoms with Crippen LogP contribution in [0.3, 0.4) is 0 Å². The molecule has 2 fully saturated rings. The minimum atomic E-state index is 0.686. The van der Waals surface area contributed by atoms with Crippen LogP contribution in [0.4, 0.5) is 5.69 Å². The lowest BCUT2D eigenvalue weighted by Gasteiger charge is -2.21. The normalized spacial score (nSPS) is 19.5. The predicted molar refractivity (Wildman–Crippen MR) is 70.6 cm³/mol. The van der Waals surface area contributed by atoms with Crippen LogP contribution in [-0.2, 0) is 0 Å². The van der Waals surface area contributed by atoms with Crippen LogP contribution < -0.4 is 10.1 Å². The molecule has 0 unspecified atom stereocenters. The molecule has 1 N–H and O–H groups in total. The van der Waals surface area contributed by atoms with Gasteiger partial charge in [0.05, 0.1) is 12.8 Å². The van der Waals surface area contributed by atoms with Gasteiger partial charge in [0.25, 0.3) is 0 Å². The summed E-state index contributed by atoms with van der Waals surface area (Å²) in [5.74, 6) is 2.79. The first-order valence-electron chi connectivity index (χ1n) is 6.69. The van der Waals surface area contributed by atoms with E-state index < -0.39 is 0 Å². The molecule has 2 heteroatoms. The summed E-state index contributed by atoms with van der Waals surface area (Å²) in [5.41, 5.74) is 2.47. The van der Waals surface area contributed by atoms with Crippen molar-refractivity contribution >= 4 is 5.69 Å². The van der Waals surface area contributed by atoms with Gasteiger partial charge in [-0.1, -0.05) is 6.07 Å². The molecule has 2 aliphatic rings. The lowest BCUT2D eigenvalue weighted by Crippen LogP contribution is -2.24. The molecule has 0 amide bonds. The zero-order chi connectivity index (χ0) is 11.8. The van der Waals surface area contributed by atoms with E-state index in [0.29, 0.717) is 6.04 Å². The molecule has 1 aromatic carbocycles. The number of ether oxygens (including phenoxy) is 1. The van der Waals surface area contributed by atoms with E-state index >= 15 is 0 Å². The third-order valence-corrected chi connectivity index (χ3v) is 3.94. The first kappa shape index (κ1) is 10.9. The molecule has 0 saturated heterocycles. The zero-order valence-corrected chi connectivity index (χ0v) is 10.7. The van der Waals surface area contributed by atoms with Crippen LogP contribution in [0.25, 0.3) is 0 Å². The summed E-state index contributed by atoms with van der Waals surface area (Å²) in [5, 5.41) is 3.74. The standard InChI is InChI=1S/C15H21NO/c1-10-3-8-14(17-2)13(9-10)16-15(11-4-5-11)12-6-7-12/h3,8-9,11-12,15-16H,4-7H2,1-2H3. The Bertz CT molecular complexity index is 395. The van der Waals surface area contributed by atoms with E-state index in [1.807, 2.05) is 0 Å². The average molecular weight is 231 g/mol. The minimum absolute atomic E-state index is 0.686. The number of aryl methyl sites for hydroxylation is 1. The third-order valence-electron chi connectivity index (χ3n) is 3.94. The Morgan fingerprint density at radius 1 is 1.18 bits per heavy atom. The molecule has 0 bridgehead atoms. The molecule has 2 saturated carbocycles. The second-order valence-electron chi connectivity index (χ2n) is 5.55. The minimum Gasteiger partial charge on any atom is -0.495 e. The Hall–Kier alpha value is -1.18. The highest BCUT2D eigenvalue weighted by Gasteiger charge is 2.41. The van der Waals surface area contributed by atoms with Gasteiger partial charge in [-0.25, -0.2) is 0 Å². The van der Waals surface area contributed by atoms with Gasteiger partial charge in [0.2, 0.25) is 0 Å². The van der Waals surface area contributed by atoms with Crippen molar-refractivity contribution in [2.45, 2.75) is 38.6 Å². The molecule has 92 valence electrons. The molecule has 0 spiro atoms. The van der Waals surface area contributed by atoms with Crippen molar-refractivity contribution < 1.29 is 4.74 Å². The maximum atomic E-state index is 5.44. The number of methoxy groups -OCH3 is 1. The van der Waals surface area contributed by atoms with E-state index in [4.69, 9.17) is 4.74 Å². The van der Waals surface area contributed by atoms with Crippen molar-refractivity contribution in [3.8, 4) is 5.75 Å². The Kier molecular flexibility index (Phi) is 2.73. The number of hydrogen-bond acceptors (Lipinski definition) is 2. The largest absolute Gasteiger partial charge is 0.495 e. The fourth-order valence-electron chi connectivity index (χ4n) is 2.65. The number of anilines is 1. The molecule has 1 aromatic rings. The summed E-state index contributed by atoms with van der Waals surface area (Å²) in [6.45, 7) is 2.13. The summed E-state index contributed by atoms with van der Waals surface area (Å²) >= 11 is 0. The highest BCUT2D eigenvalue weighted by molar-refractivity contribution is 5.59. The van der Waals surface area contributed by atoms with Gasteiger partial charge in [0.15, 0.2) is 0 Å². The molecule has 2 nitrogen and oxygen atoms in total. The summed E-state index contributed by atoms with van der Waals surface area (Å²) in [7, 11) is 1.75. The predicted octanol–water partition coefficient (Wildman–Crippen LogP) is 3.60. The zero-order valence-electron chi connectivity index (χ0n) is 10.7. The highest BCUT2D eigenvalue weighted by Crippen LogP contribution is 2.46. The van der Waals surface area contributed by atoms with E-state index in [2.05, 4.69) is 30.4 Å². The van der Waals surface area contributed by atoms with Crippen LogP contribution >= 0.6 is 0 Å². The number of benzene rings is 1. The van der Waals surface area contributed by atoms with Crippen LogP contribution in [0.1, 0.15) is 31.2 Å². The molecule has 0 radical (unpaired) electrons. The van der Waals surface area contributed by atoms with Crippen molar-refractivity contribution in [3.05, 3.63) is 23.8 Å². The van der Waals surface area contributed by atoms with Gasteiger partial charge in [-0.3, -0.25) is 0 Å². The molecule has 0 heterocycles. The summed E-state index contributed by atoms with van der Waals surface area (Å²) in [4.78, 5) is 0. The monoisotopic (exact) mass is 231 g/mol. The van der Waals surface area contributed by atoms with Gasteiger partial charge in [0.1, 0.15) is 5.75 Å².